The van der Waals surface area contributed by atoms with E-state index in [9.17, 15) is 9.90 Å². The Morgan fingerprint density at radius 2 is 2.33 bits per heavy atom. The topological polar surface area (TPSA) is 71.2 Å². The fraction of sp³-hybridized carbons (Fsp3) is 0.727. The van der Waals surface area contributed by atoms with Crippen LogP contribution in [0.25, 0.3) is 0 Å². The van der Waals surface area contributed by atoms with Crippen LogP contribution in [-0.4, -0.2) is 55.1 Å². The van der Waals surface area contributed by atoms with E-state index in [0.717, 1.165) is 5.16 Å². The van der Waals surface area contributed by atoms with E-state index in [1.54, 1.807) is 18.2 Å². The van der Waals surface area contributed by atoms with Gasteiger partial charge >= 0.3 is 0 Å². The maximum Gasteiger partial charge on any atom is 0.233 e. The number of hydrogen-bond donors (Lipinski definition) is 1. The number of aromatic nitrogens is 3. The Balaban J connectivity index is 1.52. The van der Waals surface area contributed by atoms with Crippen LogP contribution in [0.15, 0.2) is 11.5 Å². The number of likely N-dealkylation sites (tertiary alicyclic amines) is 1. The quantitative estimate of drug-likeness (QED) is 0.795. The molecule has 0 spiro atoms. The van der Waals surface area contributed by atoms with Gasteiger partial charge in [0.1, 0.15) is 6.33 Å². The Hall–Kier alpha value is -1.08. The van der Waals surface area contributed by atoms with Crippen molar-refractivity contribution in [3.63, 3.8) is 0 Å². The summed E-state index contributed by atoms with van der Waals surface area (Å²) in [6.45, 7) is 2.61. The van der Waals surface area contributed by atoms with Crippen LogP contribution >= 0.6 is 11.8 Å². The summed E-state index contributed by atoms with van der Waals surface area (Å²) < 4.78 is 2.05. The summed E-state index contributed by atoms with van der Waals surface area (Å²) in [6, 6.07) is 0.530. The van der Waals surface area contributed by atoms with Crippen molar-refractivity contribution in [1.82, 2.24) is 19.7 Å². The minimum absolute atomic E-state index is 0.0527. The van der Waals surface area contributed by atoms with Gasteiger partial charge in [-0.05, 0) is 19.8 Å². The molecule has 1 aromatic heterocycles. The van der Waals surface area contributed by atoms with Gasteiger partial charge < -0.3 is 14.6 Å². The van der Waals surface area contributed by atoms with Gasteiger partial charge in [-0.1, -0.05) is 11.8 Å². The minimum Gasteiger partial charge on any atom is -0.386 e. The summed E-state index contributed by atoms with van der Waals surface area (Å²) in [4.78, 5) is 13.5. The maximum absolute atomic E-state index is 11.8. The number of carbonyl (C=O) groups excluding carboxylic acids is 1. The fourth-order valence-electron chi connectivity index (χ4n) is 2.11. The smallest absolute Gasteiger partial charge is 0.233 e. The molecule has 0 unspecified atom stereocenters. The number of hydrogen-bond acceptors (Lipinski definition) is 5. The molecule has 18 heavy (non-hydrogen) atoms. The van der Waals surface area contributed by atoms with Gasteiger partial charge in [0.2, 0.25) is 5.91 Å². The van der Waals surface area contributed by atoms with Gasteiger partial charge in [-0.3, -0.25) is 4.79 Å². The first kappa shape index (κ1) is 12.0. The number of aliphatic hydroxyl groups is 1. The van der Waals surface area contributed by atoms with Crippen LogP contribution in [0.5, 0.6) is 0 Å². The SMILES string of the molecule is CC1(O)CN(C(=O)CSc2nncn2C2CC2)C1. The van der Waals surface area contributed by atoms with Crippen molar-refractivity contribution in [3.8, 4) is 0 Å². The molecule has 1 aliphatic heterocycles. The van der Waals surface area contributed by atoms with E-state index in [1.807, 2.05) is 4.57 Å². The van der Waals surface area contributed by atoms with E-state index in [2.05, 4.69) is 10.2 Å². The average Bonchev–Trinajstić information content (AvgIpc) is 3.02. The number of nitrogens with zero attached hydrogens (tertiary/aromatic N) is 4. The van der Waals surface area contributed by atoms with Gasteiger partial charge in [0, 0.05) is 6.04 Å². The summed E-state index contributed by atoms with van der Waals surface area (Å²) >= 11 is 1.42. The van der Waals surface area contributed by atoms with Crippen LogP contribution in [-0.2, 0) is 4.79 Å². The Kier molecular flexibility index (Phi) is 2.82. The zero-order chi connectivity index (χ0) is 12.8. The summed E-state index contributed by atoms with van der Waals surface area (Å²) in [6.07, 6.45) is 4.09. The normalized spacial score (nSPS) is 21.8. The minimum atomic E-state index is -0.700. The van der Waals surface area contributed by atoms with E-state index >= 15 is 0 Å². The molecule has 6 nitrogen and oxygen atoms in total. The standard InChI is InChI=1S/C11H16N4O2S/c1-11(17)5-14(6-11)9(16)4-18-10-13-12-7-15(10)8-2-3-8/h7-8,17H,2-6H2,1H3. The molecule has 2 heterocycles. The predicted octanol–water partition coefficient (Wildman–Crippen LogP) is 0.298. The lowest BCUT2D eigenvalue weighted by molar-refractivity contribution is -0.149. The lowest BCUT2D eigenvalue weighted by atomic mass is 9.97. The van der Waals surface area contributed by atoms with E-state index in [0.29, 0.717) is 24.9 Å². The number of rotatable bonds is 4. The molecule has 98 valence electrons. The lowest BCUT2D eigenvalue weighted by Gasteiger charge is -2.44. The highest BCUT2D eigenvalue weighted by molar-refractivity contribution is 7.99. The van der Waals surface area contributed by atoms with Crippen molar-refractivity contribution in [3.05, 3.63) is 6.33 Å². The van der Waals surface area contributed by atoms with Crippen LogP contribution in [0.2, 0.25) is 0 Å². The third kappa shape index (κ3) is 2.37. The van der Waals surface area contributed by atoms with Crippen LogP contribution in [0.1, 0.15) is 25.8 Å². The number of carbonyl (C=O) groups is 1. The summed E-state index contributed by atoms with van der Waals surface area (Å²) in [5.74, 6) is 0.415. The highest BCUT2D eigenvalue weighted by atomic mass is 32.2. The fourth-order valence-corrected chi connectivity index (χ4v) is 2.99. The molecule has 1 saturated heterocycles. The van der Waals surface area contributed by atoms with Crippen LogP contribution in [0.3, 0.4) is 0 Å². The van der Waals surface area contributed by atoms with E-state index in [-0.39, 0.29) is 5.91 Å². The van der Waals surface area contributed by atoms with E-state index in [1.165, 1.54) is 24.6 Å². The molecular formula is C11H16N4O2S. The Labute approximate surface area is 109 Å². The molecule has 3 rings (SSSR count). The zero-order valence-electron chi connectivity index (χ0n) is 10.2. The van der Waals surface area contributed by atoms with Crippen molar-refractivity contribution in [2.45, 2.75) is 36.6 Å². The molecule has 0 radical (unpaired) electrons. The van der Waals surface area contributed by atoms with E-state index in [4.69, 9.17) is 0 Å². The number of amides is 1. The first-order chi connectivity index (χ1) is 8.55. The van der Waals surface area contributed by atoms with Gasteiger partial charge in [-0.25, -0.2) is 0 Å². The van der Waals surface area contributed by atoms with Crippen molar-refractivity contribution in [2.75, 3.05) is 18.8 Å². The highest BCUT2D eigenvalue weighted by Gasteiger charge is 2.39. The summed E-state index contributed by atoms with van der Waals surface area (Å²) in [5, 5.41) is 18.3. The Morgan fingerprint density at radius 3 is 2.94 bits per heavy atom. The maximum atomic E-state index is 11.8. The molecule has 1 N–H and O–H groups in total. The Bertz CT molecular complexity index is 461. The third-order valence-electron chi connectivity index (χ3n) is 3.22. The van der Waals surface area contributed by atoms with Gasteiger partial charge in [0.05, 0.1) is 24.4 Å². The first-order valence-corrected chi connectivity index (χ1v) is 7.06. The van der Waals surface area contributed by atoms with Crippen LogP contribution in [0.4, 0.5) is 0 Å². The van der Waals surface area contributed by atoms with Crippen molar-refractivity contribution in [1.29, 1.82) is 0 Å². The average molecular weight is 268 g/mol. The van der Waals surface area contributed by atoms with Crippen LogP contribution < -0.4 is 0 Å². The number of β-amino-alcohol motifs (C(OH)–C–C–N with tert-alkyl or cyclic N) is 1. The lowest BCUT2D eigenvalue weighted by Crippen LogP contribution is -2.62. The molecule has 0 bridgehead atoms. The van der Waals surface area contributed by atoms with Crippen molar-refractivity contribution < 1.29 is 9.90 Å². The van der Waals surface area contributed by atoms with Gasteiger partial charge in [0.25, 0.3) is 0 Å². The molecule has 7 heteroatoms. The second-order valence-electron chi connectivity index (χ2n) is 5.29. The molecular weight excluding hydrogens is 252 g/mol. The molecule has 2 aliphatic rings. The highest BCUT2D eigenvalue weighted by Crippen LogP contribution is 2.37. The van der Waals surface area contributed by atoms with Gasteiger partial charge in [-0.15, -0.1) is 10.2 Å². The molecule has 2 fully saturated rings. The van der Waals surface area contributed by atoms with Crippen molar-refractivity contribution >= 4 is 17.7 Å². The zero-order valence-corrected chi connectivity index (χ0v) is 11.1. The Morgan fingerprint density at radius 1 is 1.61 bits per heavy atom. The molecule has 1 aliphatic carbocycles. The second-order valence-corrected chi connectivity index (χ2v) is 6.23. The molecule has 1 amide bonds. The van der Waals surface area contributed by atoms with E-state index < -0.39 is 5.60 Å². The van der Waals surface area contributed by atoms with Gasteiger partial charge in [0.15, 0.2) is 5.16 Å². The van der Waals surface area contributed by atoms with Crippen LogP contribution in [0, 0.1) is 0 Å². The third-order valence-corrected chi connectivity index (χ3v) is 4.16. The molecule has 1 aromatic rings. The molecule has 1 saturated carbocycles. The number of thioether (sulfide) groups is 1. The first-order valence-electron chi connectivity index (χ1n) is 6.08. The summed E-state index contributed by atoms with van der Waals surface area (Å²) in [7, 11) is 0. The van der Waals surface area contributed by atoms with Gasteiger partial charge in [-0.2, -0.15) is 0 Å². The molecule has 0 aromatic carbocycles. The molecule has 0 atom stereocenters. The second kappa shape index (κ2) is 4.24. The predicted molar refractivity (Wildman–Crippen MR) is 66.2 cm³/mol. The largest absolute Gasteiger partial charge is 0.386 e. The summed E-state index contributed by atoms with van der Waals surface area (Å²) in [5.41, 5.74) is -0.700. The van der Waals surface area contributed by atoms with Crippen molar-refractivity contribution in [2.24, 2.45) is 0 Å². The monoisotopic (exact) mass is 268 g/mol.